The number of nitrogens with two attached hydrogens (primary N) is 1. The number of nitrogen functional groups attached to an aromatic ring is 1. The molecule has 2 rings (SSSR count). The van der Waals surface area contributed by atoms with Gasteiger partial charge in [0.15, 0.2) is 0 Å². The number of nitrogens with zero attached hydrogens (tertiary/aromatic N) is 1. The minimum Gasteiger partial charge on any atom is -0.397 e. The van der Waals surface area contributed by atoms with Crippen LogP contribution in [0.15, 0.2) is 24.3 Å². The third kappa shape index (κ3) is 4.48. The second kappa shape index (κ2) is 8.06. The molecule has 1 aromatic carbocycles. The Kier molecular flexibility index (Phi) is 6.09. The lowest BCUT2D eigenvalue weighted by atomic mass is 9.86. The molecule has 1 aliphatic carbocycles. The van der Waals surface area contributed by atoms with E-state index in [-0.39, 0.29) is 5.91 Å². The molecule has 3 nitrogen and oxygen atoms in total. The number of hydrogen-bond acceptors (Lipinski definition) is 2. The Balaban J connectivity index is 1.97. The van der Waals surface area contributed by atoms with Gasteiger partial charge < -0.3 is 10.6 Å². The fourth-order valence-electron chi connectivity index (χ4n) is 3.27. The van der Waals surface area contributed by atoms with Gasteiger partial charge in [0.25, 0.3) is 0 Å². The SMILES string of the molecule is CCCN(C(=O)CCC1CCCCC1)c1ccccc1N. The van der Waals surface area contributed by atoms with Crippen LogP contribution in [-0.4, -0.2) is 12.5 Å². The normalized spacial score (nSPS) is 15.9. The summed E-state index contributed by atoms with van der Waals surface area (Å²) in [6.07, 6.45) is 9.27. The first-order valence-corrected chi connectivity index (χ1v) is 8.37. The van der Waals surface area contributed by atoms with Crippen LogP contribution in [0.4, 0.5) is 11.4 Å². The van der Waals surface area contributed by atoms with E-state index in [4.69, 9.17) is 5.73 Å². The number of anilines is 2. The molecule has 0 aromatic heterocycles. The first kappa shape index (κ1) is 15.9. The molecule has 21 heavy (non-hydrogen) atoms. The maximum absolute atomic E-state index is 12.6. The largest absolute Gasteiger partial charge is 0.397 e. The van der Waals surface area contributed by atoms with Gasteiger partial charge in [0.05, 0.1) is 11.4 Å². The molecule has 0 saturated heterocycles. The van der Waals surface area contributed by atoms with Gasteiger partial charge in [-0.2, -0.15) is 0 Å². The molecule has 0 bridgehead atoms. The highest BCUT2D eigenvalue weighted by Crippen LogP contribution is 2.29. The fourth-order valence-corrected chi connectivity index (χ4v) is 3.27. The average Bonchev–Trinajstić information content (AvgIpc) is 2.52. The van der Waals surface area contributed by atoms with Crippen LogP contribution < -0.4 is 10.6 Å². The highest BCUT2D eigenvalue weighted by Gasteiger charge is 2.20. The number of para-hydroxylation sites is 2. The number of amides is 1. The van der Waals surface area contributed by atoms with Crippen molar-refractivity contribution in [2.45, 2.75) is 58.3 Å². The van der Waals surface area contributed by atoms with Gasteiger partial charge in [0.2, 0.25) is 5.91 Å². The highest BCUT2D eigenvalue weighted by molar-refractivity contribution is 5.96. The Morgan fingerprint density at radius 1 is 1.24 bits per heavy atom. The molecule has 1 fully saturated rings. The van der Waals surface area contributed by atoms with E-state index in [0.717, 1.165) is 31.0 Å². The Hall–Kier alpha value is -1.51. The Morgan fingerprint density at radius 3 is 2.62 bits per heavy atom. The Labute approximate surface area is 128 Å². The quantitative estimate of drug-likeness (QED) is 0.790. The van der Waals surface area contributed by atoms with Crippen LogP contribution in [0, 0.1) is 5.92 Å². The smallest absolute Gasteiger partial charge is 0.227 e. The van der Waals surface area contributed by atoms with Gasteiger partial charge in [0, 0.05) is 13.0 Å². The van der Waals surface area contributed by atoms with E-state index in [9.17, 15) is 4.79 Å². The van der Waals surface area contributed by atoms with Crippen molar-refractivity contribution in [3.63, 3.8) is 0 Å². The van der Waals surface area contributed by atoms with Crippen molar-refractivity contribution >= 4 is 17.3 Å². The summed E-state index contributed by atoms with van der Waals surface area (Å²) in [6, 6.07) is 7.67. The molecule has 0 radical (unpaired) electrons. The predicted molar refractivity (Wildman–Crippen MR) is 89.3 cm³/mol. The number of rotatable bonds is 6. The van der Waals surface area contributed by atoms with Gasteiger partial charge in [-0.25, -0.2) is 0 Å². The van der Waals surface area contributed by atoms with Crippen molar-refractivity contribution in [2.24, 2.45) is 5.92 Å². The fraction of sp³-hybridized carbons (Fsp3) is 0.611. The van der Waals surface area contributed by atoms with Crippen LogP contribution in [0.25, 0.3) is 0 Å². The van der Waals surface area contributed by atoms with E-state index in [0.29, 0.717) is 12.1 Å². The van der Waals surface area contributed by atoms with Crippen molar-refractivity contribution in [3.8, 4) is 0 Å². The minimum absolute atomic E-state index is 0.223. The van der Waals surface area contributed by atoms with Crippen LogP contribution in [0.5, 0.6) is 0 Å². The van der Waals surface area contributed by atoms with Gasteiger partial charge in [-0.3, -0.25) is 4.79 Å². The number of benzene rings is 1. The van der Waals surface area contributed by atoms with Crippen LogP contribution in [-0.2, 0) is 4.79 Å². The lowest BCUT2D eigenvalue weighted by molar-refractivity contribution is -0.119. The molecule has 0 aliphatic heterocycles. The first-order valence-electron chi connectivity index (χ1n) is 8.37. The molecular weight excluding hydrogens is 260 g/mol. The van der Waals surface area contributed by atoms with Crippen LogP contribution in [0.2, 0.25) is 0 Å². The van der Waals surface area contributed by atoms with Gasteiger partial charge in [0.1, 0.15) is 0 Å². The highest BCUT2D eigenvalue weighted by atomic mass is 16.2. The average molecular weight is 288 g/mol. The Morgan fingerprint density at radius 2 is 1.95 bits per heavy atom. The number of carbonyl (C=O) groups excluding carboxylic acids is 1. The second-order valence-corrected chi connectivity index (χ2v) is 6.15. The molecule has 3 heteroatoms. The zero-order valence-corrected chi connectivity index (χ0v) is 13.2. The molecule has 1 aliphatic rings. The summed E-state index contributed by atoms with van der Waals surface area (Å²) < 4.78 is 0. The zero-order chi connectivity index (χ0) is 15.1. The van der Waals surface area contributed by atoms with Gasteiger partial charge in [-0.1, -0.05) is 51.2 Å². The van der Waals surface area contributed by atoms with Gasteiger partial charge in [-0.05, 0) is 30.9 Å². The van der Waals surface area contributed by atoms with Crippen LogP contribution in [0.3, 0.4) is 0 Å². The lowest BCUT2D eigenvalue weighted by Crippen LogP contribution is -2.32. The molecule has 1 aromatic rings. The molecule has 1 saturated carbocycles. The third-order valence-electron chi connectivity index (χ3n) is 4.47. The predicted octanol–water partition coefficient (Wildman–Crippen LogP) is 4.37. The van der Waals surface area contributed by atoms with E-state index in [1.807, 2.05) is 29.2 Å². The van der Waals surface area contributed by atoms with Crippen molar-refractivity contribution < 1.29 is 4.79 Å². The van der Waals surface area contributed by atoms with Crippen molar-refractivity contribution in [1.82, 2.24) is 0 Å². The van der Waals surface area contributed by atoms with Crippen molar-refractivity contribution in [3.05, 3.63) is 24.3 Å². The molecule has 0 heterocycles. The summed E-state index contributed by atoms with van der Waals surface area (Å²) in [5, 5.41) is 0. The molecule has 116 valence electrons. The van der Waals surface area contributed by atoms with E-state index in [1.165, 1.54) is 32.1 Å². The summed E-state index contributed by atoms with van der Waals surface area (Å²) in [6.45, 7) is 2.85. The van der Waals surface area contributed by atoms with Crippen molar-refractivity contribution in [2.75, 3.05) is 17.2 Å². The number of carbonyl (C=O) groups is 1. The number of hydrogen-bond donors (Lipinski definition) is 1. The van der Waals surface area contributed by atoms with E-state index in [2.05, 4.69) is 6.92 Å². The lowest BCUT2D eigenvalue weighted by Gasteiger charge is -2.26. The zero-order valence-electron chi connectivity index (χ0n) is 13.2. The third-order valence-corrected chi connectivity index (χ3v) is 4.47. The summed E-state index contributed by atoms with van der Waals surface area (Å²) >= 11 is 0. The Bertz CT molecular complexity index is 452. The summed E-state index contributed by atoms with van der Waals surface area (Å²) in [5.74, 6) is 0.972. The maximum atomic E-state index is 12.6. The van der Waals surface area contributed by atoms with Crippen LogP contribution >= 0.6 is 0 Å². The van der Waals surface area contributed by atoms with Gasteiger partial charge in [-0.15, -0.1) is 0 Å². The molecule has 1 amide bonds. The van der Waals surface area contributed by atoms with Gasteiger partial charge >= 0.3 is 0 Å². The summed E-state index contributed by atoms with van der Waals surface area (Å²) in [4.78, 5) is 14.5. The molecule has 0 unspecified atom stereocenters. The topological polar surface area (TPSA) is 46.3 Å². The van der Waals surface area contributed by atoms with E-state index >= 15 is 0 Å². The van der Waals surface area contributed by atoms with E-state index < -0.39 is 0 Å². The second-order valence-electron chi connectivity index (χ2n) is 6.15. The van der Waals surface area contributed by atoms with Crippen LogP contribution in [0.1, 0.15) is 58.3 Å². The standard InChI is InChI=1S/C18H28N2O/c1-2-14-20(17-11-7-6-10-16(17)19)18(21)13-12-15-8-4-3-5-9-15/h6-7,10-11,15H,2-5,8-9,12-14,19H2,1H3. The molecular formula is C18H28N2O. The summed E-state index contributed by atoms with van der Waals surface area (Å²) in [5.41, 5.74) is 7.59. The molecule has 0 atom stereocenters. The first-order chi connectivity index (χ1) is 10.2. The maximum Gasteiger partial charge on any atom is 0.227 e. The van der Waals surface area contributed by atoms with Crippen molar-refractivity contribution in [1.29, 1.82) is 0 Å². The molecule has 0 spiro atoms. The minimum atomic E-state index is 0.223. The van der Waals surface area contributed by atoms with E-state index in [1.54, 1.807) is 0 Å². The molecule has 2 N–H and O–H groups in total. The summed E-state index contributed by atoms with van der Waals surface area (Å²) in [7, 11) is 0. The monoisotopic (exact) mass is 288 g/mol.